The molecule has 0 saturated carbocycles. The summed E-state index contributed by atoms with van der Waals surface area (Å²) in [6.07, 6.45) is -3.08. The number of carbonyl (C=O) groups excluding carboxylic acids is 2. The van der Waals surface area contributed by atoms with Crippen LogP contribution in [-0.2, 0) is 23.9 Å². The molecule has 234 valence electrons. The number of hydrogen-bond acceptors (Lipinski definition) is 6. The molecule has 0 radical (unpaired) electrons. The fraction of sp³-hybridized carbons (Fsp3) is 0.250. The normalized spacial score (nSPS) is 13.4. The van der Waals surface area contributed by atoms with Crippen LogP contribution < -0.4 is 26.4 Å². The third kappa shape index (κ3) is 6.58. The van der Waals surface area contributed by atoms with Crippen LogP contribution in [0.4, 0.5) is 34.6 Å². The molecule has 0 aliphatic carbocycles. The summed E-state index contributed by atoms with van der Waals surface area (Å²) in [6.45, 7) is 1.58. The molecule has 3 aromatic carbocycles. The number of anilines is 3. The Morgan fingerprint density at radius 1 is 1.04 bits per heavy atom. The number of fused-ring (bicyclic) bond motifs is 1. The molecule has 2 amide bonds. The maximum absolute atomic E-state index is 14.2. The maximum Gasteiger partial charge on any atom is 0.416 e. The van der Waals surface area contributed by atoms with Gasteiger partial charge in [-0.2, -0.15) is 13.2 Å². The Morgan fingerprint density at radius 2 is 1.82 bits per heavy atom. The van der Waals surface area contributed by atoms with E-state index in [0.717, 1.165) is 16.7 Å². The van der Waals surface area contributed by atoms with E-state index in [1.807, 2.05) is 0 Å². The van der Waals surface area contributed by atoms with E-state index in [2.05, 4.69) is 20.9 Å². The number of nitrogens with zero attached hydrogens (tertiary/aromatic N) is 3. The van der Waals surface area contributed by atoms with Gasteiger partial charge in [0.05, 0.1) is 24.3 Å². The Kier molecular flexibility index (Phi) is 8.73. The summed E-state index contributed by atoms with van der Waals surface area (Å²) in [5.74, 6) is -1.26. The fourth-order valence-electron chi connectivity index (χ4n) is 5.18. The molecule has 1 aromatic heterocycles. The second-order valence-corrected chi connectivity index (χ2v) is 10.6. The van der Waals surface area contributed by atoms with E-state index >= 15 is 0 Å². The van der Waals surface area contributed by atoms with Gasteiger partial charge in [0.25, 0.3) is 11.5 Å². The van der Waals surface area contributed by atoms with Crippen molar-refractivity contribution in [2.45, 2.75) is 32.1 Å². The molecule has 45 heavy (non-hydrogen) atoms. The number of benzene rings is 3. The lowest BCUT2D eigenvalue weighted by molar-refractivity contribution is -0.137. The Bertz CT molecular complexity index is 1840. The van der Waals surface area contributed by atoms with Gasteiger partial charge < -0.3 is 20.9 Å². The van der Waals surface area contributed by atoms with Crippen molar-refractivity contribution in [3.63, 3.8) is 0 Å². The molecule has 13 heteroatoms. The molecule has 4 aromatic rings. The van der Waals surface area contributed by atoms with Crippen molar-refractivity contribution in [2.24, 2.45) is 0 Å². The SMILES string of the molecule is CNC(=O)c1cccc(-c2ncc(NC(=O)[C@H](C)NC)c(=O)n2Cc2cc(N3CCc4cc(F)ccc43)cc(C(F)(F)F)c2)c1. The standard InChI is InChI=1S/C32H30F4N6O3/c1-18(37-2)29(43)40-26-16-39-28(21-5-4-6-22(13-21)30(44)38-3)42(31(26)45)17-19-11-23(32(34,35)36)15-25(12-19)41-10-9-20-14-24(33)7-8-27(20)41/h4-8,11-16,18,37H,9-10,17H2,1-3H3,(H,38,44)(H,40,43)/t18-/m0/s1. The number of nitrogens with one attached hydrogen (secondary N) is 3. The van der Waals surface area contributed by atoms with Crippen molar-refractivity contribution in [1.29, 1.82) is 0 Å². The van der Waals surface area contributed by atoms with Crippen molar-refractivity contribution in [1.82, 2.24) is 20.2 Å². The van der Waals surface area contributed by atoms with Gasteiger partial charge in [-0.25, -0.2) is 9.37 Å². The van der Waals surface area contributed by atoms with Crippen LogP contribution in [0.5, 0.6) is 0 Å². The lowest BCUT2D eigenvalue weighted by Crippen LogP contribution is -2.38. The minimum atomic E-state index is -4.71. The zero-order valence-electron chi connectivity index (χ0n) is 24.6. The maximum atomic E-state index is 14.2. The molecule has 5 rings (SSSR count). The van der Waals surface area contributed by atoms with Gasteiger partial charge in [-0.1, -0.05) is 12.1 Å². The number of hydrogen-bond donors (Lipinski definition) is 3. The Labute approximate surface area is 255 Å². The Balaban J connectivity index is 1.65. The van der Waals surface area contributed by atoms with Crippen molar-refractivity contribution >= 4 is 28.9 Å². The first-order valence-corrected chi connectivity index (χ1v) is 14.1. The van der Waals surface area contributed by atoms with Crippen LogP contribution in [0.25, 0.3) is 11.4 Å². The molecule has 0 saturated heterocycles. The molecule has 1 aliphatic rings. The first-order chi connectivity index (χ1) is 21.4. The molecule has 0 fully saturated rings. The Hall–Kier alpha value is -5.04. The Morgan fingerprint density at radius 3 is 2.53 bits per heavy atom. The summed E-state index contributed by atoms with van der Waals surface area (Å²) in [5.41, 5.74) is 0.457. The third-order valence-electron chi connectivity index (χ3n) is 7.64. The summed E-state index contributed by atoms with van der Waals surface area (Å²) >= 11 is 0. The van der Waals surface area contributed by atoms with Crippen LogP contribution in [0.2, 0.25) is 0 Å². The molecular weight excluding hydrogens is 592 g/mol. The number of likely N-dealkylation sites (N-methyl/N-ethyl adjacent to an activating group) is 1. The lowest BCUT2D eigenvalue weighted by atomic mass is 10.1. The lowest BCUT2D eigenvalue weighted by Gasteiger charge is -2.23. The van der Waals surface area contributed by atoms with Gasteiger partial charge in [0, 0.05) is 36.1 Å². The third-order valence-corrected chi connectivity index (χ3v) is 7.64. The van der Waals surface area contributed by atoms with E-state index < -0.39 is 35.1 Å². The van der Waals surface area contributed by atoms with Crippen LogP contribution in [-0.4, -0.2) is 48.0 Å². The van der Waals surface area contributed by atoms with Gasteiger partial charge in [-0.3, -0.25) is 19.0 Å². The van der Waals surface area contributed by atoms with Crippen molar-refractivity contribution < 1.29 is 27.2 Å². The molecule has 1 atom stereocenters. The molecule has 3 N–H and O–H groups in total. The summed E-state index contributed by atoms with van der Waals surface area (Å²) in [6, 6.07) is 13.3. The van der Waals surface area contributed by atoms with E-state index in [-0.39, 0.29) is 40.8 Å². The molecule has 9 nitrogen and oxygen atoms in total. The van der Waals surface area contributed by atoms with Crippen molar-refractivity contribution in [3.05, 3.63) is 105 Å². The van der Waals surface area contributed by atoms with E-state index in [1.165, 1.54) is 37.5 Å². The zero-order chi connectivity index (χ0) is 32.5. The summed E-state index contributed by atoms with van der Waals surface area (Å²) in [5, 5.41) is 7.82. The molecule has 0 bridgehead atoms. The zero-order valence-corrected chi connectivity index (χ0v) is 24.6. The predicted octanol–water partition coefficient (Wildman–Crippen LogP) is 4.72. The van der Waals surface area contributed by atoms with Crippen LogP contribution >= 0.6 is 0 Å². The van der Waals surface area contributed by atoms with Crippen LogP contribution in [0.3, 0.4) is 0 Å². The van der Waals surface area contributed by atoms with E-state index in [4.69, 9.17) is 0 Å². The summed E-state index contributed by atoms with van der Waals surface area (Å²) in [4.78, 5) is 44.9. The van der Waals surface area contributed by atoms with Crippen LogP contribution in [0, 0.1) is 5.82 Å². The average Bonchev–Trinajstić information content (AvgIpc) is 3.44. The first kappa shape index (κ1) is 31.4. The summed E-state index contributed by atoms with van der Waals surface area (Å²) < 4.78 is 57.5. The van der Waals surface area contributed by atoms with Gasteiger partial charge in [0.15, 0.2) is 0 Å². The monoisotopic (exact) mass is 622 g/mol. The minimum Gasteiger partial charge on any atom is -0.355 e. The highest BCUT2D eigenvalue weighted by Crippen LogP contribution is 2.39. The highest BCUT2D eigenvalue weighted by atomic mass is 19.4. The smallest absolute Gasteiger partial charge is 0.355 e. The second-order valence-electron chi connectivity index (χ2n) is 10.6. The number of rotatable bonds is 8. The van der Waals surface area contributed by atoms with Crippen molar-refractivity contribution in [3.8, 4) is 11.4 Å². The number of alkyl halides is 3. The summed E-state index contributed by atoms with van der Waals surface area (Å²) in [7, 11) is 3.04. The minimum absolute atomic E-state index is 0.0753. The molecule has 0 unspecified atom stereocenters. The topological polar surface area (TPSA) is 108 Å². The highest BCUT2D eigenvalue weighted by Gasteiger charge is 2.33. The number of amides is 2. The molecule has 1 aliphatic heterocycles. The van der Waals surface area contributed by atoms with Gasteiger partial charge >= 0.3 is 6.18 Å². The molecular formula is C32H30F4N6O3. The van der Waals surface area contributed by atoms with Gasteiger partial charge in [0.1, 0.15) is 17.3 Å². The molecule has 2 heterocycles. The number of carbonyl (C=O) groups is 2. The quantitative estimate of drug-likeness (QED) is 0.246. The van der Waals surface area contributed by atoms with E-state index in [1.54, 1.807) is 43.1 Å². The molecule has 0 spiro atoms. The average molecular weight is 623 g/mol. The van der Waals surface area contributed by atoms with E-state index in [9.17, 15) is 31.9 Å². The fourth-order valence-corrected chi connectivity index (χ4v) is 5.18. The number of halogens is 4. The van der Waals surface area contributed by atoms with Gasteiger partial charge in [-0.15, -0.1) is 0 Å². The predicted molar refractivity (Wildman–Crippen MR) is 162 cm³/mol. The van der Waals surface area contributed by atoms with Crippen molar-refractivity contribution in [2.75, 3.05) is 30.9 Å². The van der Waals surface area contributed by atoms with Gasteiger partial charge in [-0.05, 0) is 80.1 Å². The number of aromatic nitrogens is 2. The van der Waals surface area contributed by atoms with Crippen LogP contribution in [0.15, 0.2) is 71.7 Å². The highest BCUT2D eigenvalue weighted by molar-refractivity contribution is 5.95. The van der Waals surface area contributed by atoms with Crippen LogP contribution in [0.1, 0.15) is 34.0 Å². The largest absolute Gasteiger partial charge is 0.416 e. The first-order valence-electron chi connectivity index (χ1n) is 14.1. The second kappa shape index (κ2) is 12.5. The van der Waals surface area contributed by atoms with E-state index in [0.29, 0.717) is 29.8 Å². The van der Waals surface area contributed by atoms with Gasteiger partial charge in [0.2, 0.25) is 5.91 Å².